The Kier molecular flexibility index (Phi) is 14.0. The molecule has 0 saturated heterocycles. The Labute approximate surface area is 601 Å². The summed E-state index contributed by atoms with van der Waals surface area (Å²) < 4.78 is 11.8. The number of benzene rings is 14. The van der Waals surface area contributed by atoms with Crippen LogP contribution in [0.2, 0.25) is 0 Å². The van der Waals surface area contributed by atoms with E-state index in [1.807, 2.05) is 95.5 Å². The van der Waals surface area contributed by atoms with Gasteiger partial charge in [0.15, 0.2) is 17.5 Å². The molecule has 20 rings (SSSR count). The second-order valence-electron chi connectivity index (χ2n) is 29.8. The molecule has 0 spiro atoms. The number of para-hydroxylation sites is 2. The Morgan fingerprint density at radius 2 is 0.676 bits per heavy atom. The zero-order valence-electron chi connectivity index (χ0n) is 58.2. The van der Waals surface area contributed by atoms with Crippen LogP contribution in [0.5, 0.6) is 0 Å². The molecular formula is C95H72N4OS2. The lowest BCUT2D eigenvalue weighted by atomic mass is 9.55. The number of furan rings is 1. The Balaban J connectivity index is 0.000000142. The van der Waals surface area contributed by atoms with Gasteiger partial charge in [-0.3, -0.25) is 0 Å². The van der Waals surface area contributed by atoms with Crippen molar-refractivity contribution in [2.45, 2.75) is 77.0 Å². The average Bonchev–Trinajstić information content (AvgIpc) is 1.29. The summed E-state index contributed by atoms with van der Waals surface area (Å²) in [5, 5.41) is 12.9. The number of anilines is 3. The van der Waals surface area contributed by atoms with E-state index in [1.54, 1.807) is 0 Å². The van der Waals surface area contributed by atoms with Gasteiger partial charge in [0.05, 0.1) is 0 Å². The van der Waals surface area contributed by atoms with Gasteiger partial charge < -0.3 is 9.32 Å². The Hall–Kier alpha value is -11.4. The molecule has 0 unspecified atom stereocenters. The molecule has 2 aliphatic rings. The third-order valence-electron chi connectivity index (χ3n) is 23.4. The number of hydrogen-bond acceptors (Lipinski definition) is 7. The summed E-state index contributed by atoms with van der Waals surface area (Å²) >= 11 is 3.90. The topological polar surface area (TPSA) is 55.1 Å². The molecule has 7 heteroatoms. The van der Waals surface area contributed by atoms with Crippen molar-refractivity contribution < 1.29 is 4.42 Å². The minimum Gasteiger partial charge on any atom is -0.456 e. The van der Waals surface area contributed by atoms with Gasteiger partial charge in [0.25, 0.3) is 0 Å². The van der Waals surface area contributed by atoms with Gasteiger partial charge in [-0.15, -0.1) is 22.7 Å². The molecule has 490 valence electrons. The van der Waals surface area contributed by atoms with E-state index in [1.165, 1.54) is 112 Å². The number of rotatable bonds is 7. The molecule has 2 aliphatic carbocycles. The Morgan fingerprint density at radius 3 is 1.22 bits per heavy atom. The molecule has 102 heavy (non-hydrogen) atoms. The molecule has 18 aromatic rings. The minimum absolute atomic E-state index is 0.0443. The number of fused-ring (bicyclic) bond motifs is 23. The minimum atomic E-state index is -0.0965. The summed E-state index contributed by atoms with van der Waals surface area (Å²) in [5.74, 6) is 1.99. The summed E-state index contributed by atoms with van der Waals surface area (Å²) in [5.41, 5.74) is 21.4. The van der Waals surface area contributed by atoms with Gasteiger partial charge in [0.1, 0.15) is 11.2 Å². The lowest BCUT2D eigenvalue weighted by Crippen LogP contribution is -2.43. The number of thiophene rings is 2. The first-order valence-electron chi connectivity index (χ1n) is 35.4. The van der Waals surface area contributed by atoms with Crippen molar-refractivity contribution in [2.75, 3.05) is 4.90 Å². The molecule has 0 radical (unpaired) electrons. The second kappa shape index (κ2) is 23.1. The quantitative estimate of drug-likeness (QED) is 0.159. The fourth-order valence-electron chi connectivity index (χ4n) is 16.9. The van der Waals surface area contributed by atoms with Crippen LogP contribution in [0.25, 0.3) is 151 Å². The van der Waals surface area contributed by atoms with E-state index in [0.29, 0.717) is 17.5 Å². The maximum absolute atomic E-state index is 6.37. The van der Waals surface area contributed by atoms with Crippen molar-refractivity contribution in [1.29, 1.82) is 0 Å². The van der Waals surface area contributed by atoms with Crippen molar-refractivity contribution in [2.24, 2.45) is 0 Å². The molecule has 0 N–H and O–H groups in total. The third kappa shape index (κ3) is 9.30. The van der Waals surface area contributed by atoms with E-state index >= 15 is 0 Å². The van der Waals surface area contributed by atoms with Crippen LogP contribution in [0.4, 0.5) is 17.1 Å². The van der Waals surface area contributed by atoms with Gasteiger partial charge in [-0.05, 0) is 149 Å². The van der Waals surface area contributed by atoms with Crippen molar-refractivity contribution >= 4 is 124 Å². The lowest BCUT2D eigenvalue weighted by Gasteiger charge is -2.48. The van der Waals surface area contributed by atoms with Crippen molar-refractivity contribution in [1.82, 2.24) is 15.0 Å². The largest absolute Gasteiger partial charge is 0.456 e. The van der Waals surface area contributed by atoms with E-state index in [4.69, 9.17) is 19.4 Å². The highest BCUT2D eigenvalue weighted by Gasteiger charge is 2.49. The van der Waals surface area contributed by atoms with Crippen molar-refractivity contribution in [3.8, 4) is 67.5 Å². The number of nitrogens with zero attached hydrogens (tertiary/aromatic N) is 4. The average molecular weight is 1350 g/mol. The summed E-state index contributed by atoms with van der Waals surface area (Å²) in [6.07, 6.45) is 0. The molecular weight excluding hydrogens is 1280 g/mol. The van der Waals surface area contributed by atoms with Gasteiger partial charge in [0.2, 0.25) is 0 Å². The first-order chi connectivity index (χ1) is 49.6. The van der Waals surface area contributed by atoms with Crippen LogP contribution in [-0.2, 0) is 21.7 Å². The molecule has 14 aromatic carbocycles. The summed E-state index contributed by atoms with van der Waals surface area (Å²) in [6, 6.07) is 105. The molecule has 0 amide bonds. The molecule has 0 aliphatic heterocycles. The highest BCUT2D eigenvalue weighted by molar-refractivity contribution is 7.26. The van der Waals surface area contributed by atoms with Gasteiger partial charge in [-0.25, -0.2) is 15.0 Å². The van der Waals surface area contributed by atoms with Crippen LogP contribution >= 0.6 is 22.7 Å². The molecule has 4 heterocycles. The van der Waals surface area contributed by atoms with Crippen LogP contribution in [-0.4, -0.2) is 15.0 Å². The van der Waals surface area contributed by atoms with E-state index in [-0.39, 0.29) is 21.7 Å². The zero-order chi connectivity index (χ0) is 69.0. The van der Waals surface area contributed by atoms with Crippen LogP contribution in [0, 0.1) is 0 Å². The van der Waals surface area contributed by atoms with Gasteiger partial charge >= 0.3 is 0 Å². The van der Waals surface area contributed by atoms with E-state index < -0.39 is 0 Å². The van der Waals surface area contributed by atoms with E-state index in [0.717, 1.165) is 61.3 Å². The van der Waals surface area contributed by atoms with Crippen molar-refractivity contribution in [3.63, 3.8) is 0 Å². The molecule has 0 saturated carbocycles. The van der Waals surface area contributed by atoms with E-state index in [2.05, 4.69) is 279 Å². The first-order valence-corrected chi connectivity index (χ1v) is 37.0. The van der Waals surface area contributed by atoms with E-state index in [9.17, 15) is 0 Å². The maximum Gasteiger partial charge on any atom is 0.164 e. The third-order valence-corrected chi connectivity index (χ3v) is 25.8. The summed E-state index contributed by atoms with van der Waals surface area (Å²) in [4.78, 5) is 17.1. The molecule has 0 fully saturated rings. The second-order valence-corrected chi connectivity index (χ2v) is 31.9. The predicted molar refractivity (Wildman–Crippen MR) is 434 cm³/mol. The molecule has 4 aromatic heterocycles. The number of aromatic nitrogens is 3. The molecule has 0 bridgehead atoms. The Morgan fingerprint density at radius 1 is 0.284 bits per heavy atom. The molecule has 5 nitrogen and oxygen atoms in total. The monoisotopic (exact) mass is 1350 g/mol. The maximum atomic E-state index is 6.37. The fraction of sp³-hybridized carbons (Fsp3) is 0.126. The SMILES string of the molecule is CC1(C)c2ccccc2-c2c(c3sc4ccc(-c5ccc(-c6nc(-c7ccccc7)nc(-c7ccccc7)n6)cc5)cc4c3c3ccccc23)C1(C)C.CC1(C)c2ccccc2-c2c(c3sc4ccc(N(c5ccccc5)c5ccc6c(c5)oc5ccccc56)cc4c3c3ccccc23)C1(C)C. The van der Waals surface area contributed by atoms with Gasteiger partial charge in [0, 0.05) is 102 Å². The van der Waals surface area contributed by atoms with Gasteiger partial charge in [-0.2, -0.15) is 0 Å². The van der Waals surface area contributed by atoms with Crippen LogP contribution in [0.15, 0.2) is 296 Å². The van der Waals surface area contributed by atoms with Crippen LogP contribution in [0.1, 0.15) is 77.6 Å². The Bertz CT molecular complexity index is 6380. The summed E-state index contributed by atoms with van der Waals surface area (Å²) in [6.45, 7) is 19.5. The summed E-state index contributed by atoms with van der Waals surface area (Å²) in [7, 11) is 0. The highest BCUT2D eigenvalue weighted by Crippen LogP contribution is 2.62. The standard InChI is InChI=1S/C49H37N3S.C46H35NOS/c1-48(2)39-22-14-13-21-37(39)41-35-19-11-12-20-36(35)42-38-29-34(27-28-40(38)53-44(42)43(41)49(48,3)4)30-23-25-33(26-24-30)47-51-45(31-15-7-5-8-16-31)50-46(52-47)32-17-9-6-10-18-32;1-45(2)37-20-12-10-19-35(37)41-33-17-8-9-18-34(33)42-36-26-29(23-25-40(36)49-44(42)43(41)46(45,3)4)47(28-14-6-5-7-15-28)30-22-24-32-31-16-11-13-21-38(31)48-39(32)27-30/h5-29H,1-4H3;5-27H,1-4H3. The number of hydrogen-bond donors (Lipinski definition) is 0. The van der Waals surface area contributed by atoms with Crippen LogP contribution in [0.3, 0.4) is 0 Å². The fourth-order valence-corrected chi connectivity index (χ4v) is 19.7. The first kappa shape index (κ1) is 61.7. The van der Waals surface area contributed by atoms with Crippen molar-refractivity contribution in [3.05, 3.63) is 313 Å². The zero-order valence-corrected chi connectivity index (χ0v) is 59.9. The molecule has 0 atom stereocenters. The lowest BCUT2D eigenvalue weighted by molar-refractivity contribution is 0.302. The normalized spacial score (nSPS) is 14.6. The predicted octanol–water partition coefficient (Wildman–Crippen LogP) is 27.1. The van der Waals surface area contributed by atoms with Gasteiger partial charge in [-0.1, -0.05) is 280 Å². The smallest absolute Gasteiger partial charge is 0.164 e. The highest BCUT2D eigenvalue weighted by atomic mass is 32.1. The van der Waals surface area contributed by atoms with Crippen LogP contribution < -0.4 is 4.90 Å².